The molecule has 0 aliphatic rings. The van der Waals surface area contributed by atoms with Crippen LogP contribution in [0.4, 0.5) is 11.6 Å². The molecule has 1 amide bonds. The lowest BCUT2D eigenvalue weighted by atomic mass is 10.2. The van der Waals surface area contributed by atoms with Crippen LogP contribution >= 0.6 is 0 Å². The van der Waals surface area contributed by atoms with Crippen LogP contribution in [0.3, 0.4) is 0 Å². The maximum Gasteiger partial charge on any atom is 0.227 e. The van der Waals surface area contributed by atoms with E-state index in [0.717, 1.165) is 22.3 Å². The maximum absolute atomic E-state index is 11.9. The largest absolute Gasteiger partial charge is 0.370 e. The summed E-state index contributed by atoms with van der Waals surface area (Å²) < 4.78 is 0. The van der Waals surface area contributed by atoms with E-state index in [1.165, 1.54) is 0 Å². The number of amides is 1. The summed E-state index contributed by atoms with van der Waals surface area (Å²) in [5.74, 6) is 1.27. The number of carbonyl (C=O) groups is 1. The van der Waals surface area contributed by atoms with E-state index in [4.69, 9.17) is 0 Å². The second-order valence-corrected chi connectivity index (χ2v) is 5.33. The lowest BCUT2D eigenvalue weighted by Gasteiger charge is -2.07. The quantitative estimate of drug-likeness (QED) is 0.758. The van der Waals surface area contributed by atoms with E-state index in [1.807, 2.05) is 49.4 Å². The first kappa shape index (κ1) is 15.0. The molecular weight excluding hydrogens is 288 g/mol. The highest BCUT2D eigenvalue weighted by Gasteiger charge is 2.03. The van der Waals surface area contributed by atoms with Crippen LogP contribution in [0.1, 0.15) is 12.0 Å². The van der Waals surface area contributed by atoms with Gasteiger partial charge in [-0.25, -0.2) is 9.97 Å². The first-order valence-electron chi connectivity index (χ1n) is 7.53. The van der Waals surface area contributed by atoms with E-state index >= 15 is 0 Å². The van der Waals surface area contributed by atoms with Gasteiger partial charge in [0, 0.05) is 24.5 Å². The second kappa shape index (κ2) is 6.87. The molecule has 0 fully saturated rings. The first-order valence-corrected chi connectivity index (χ1v) is 7.53. The molecule has 0 spiro atoms. The fraction of sp³-hybridized carbons (Fsp3) is 0.167. The molecule has 0 radical (unpaired) electrons. The average molecular weight is 306 g/mol. The average Bonchev–Trinajstić information content (AvgIpc) is 2.57. The molecule has 5 nitrogen and oxygen atoms in total. The van der Waals surface area contributed by atoms with Crippen LogP contribution in [-0.4, -0.2) is 22.4 Å². The van der Waals surface area contributed by atoms with Gasteiger partial charge in [0.05, 0.1) is 5.52 Å². The number of anilines is 2. The Morgan fingerprint density at radius 3 is 2.70 bits per heavy atom. The van der Waals surface area contributed by atoms with E-state index in [2.05, 4.69) is 20.6 Å². The standard InChI is InChI=1S/C18H18N4O/c1-13-6-8-17(20-12-13)22-18(23)10-11-19-16-9-7-14-4-2-3-5-15(14)21-16/h2-9,12H,10-11H2,1H3,(H,19,21)(H,20,22,23). The third kappa shape index (κ3) is 4.03. The lowest BCUT2D eigenvalue weighted by molar-refractivity contribution is -0.116. The number of pyridine rings is 2. The number of hydrogen-bond donors (Lipinski definition) is 2. The lowest BCUT2D eigenvalue weighted by Crippen LogP contribution is -2.17. The number of para-hydroxylation sites is 1. The van der Waals surface area contributed by atoms with Crippen molar-refractivity contribution in [2.75, 3.05) is 17.2 Å². The van der Waals surface area contributed by atoms with Crippen LogP contribution in [0, 0.1) is 6.92 Å². The molecule has 23 heavy (non-hydrogen) atoms. The molecule has 3 aromatic rings. The molecule has 2 N–H and O–H groups in total. The Kier molecular flexibility index (Phi) is 4.47. The highest BCUT2D eigenvalue weighted by molar-refractivity contribution is 5.90. The summed E-state index contributed by atoms with van der Waals surface area (Å²) in [5, 5.41) is 7.04. The molecule has 0 aliphatic heterocycles. The highest BCUT2D eigenvalue weighted by atomic mass is 16.1. The molecule has 0 saturated heterocycles. The topological polar surface area (TPSA) is 66.9 Å². The Bertz CT molecular complexity index is 815. The zero-order valence-corrected chi connectivity index (χ0v) is 12.9. The number of aryl methyl sites for hydroxylation is 1. The van der Waals surface area contributed by atoms with Crippen LogP contribution in [0.25, 0.3) is 10.9 Å². The van der Waals surface area contributed by atoms with Gasteiger partial charge in [-0.3, -0.25) is 4.79 Å². The van der Waals surface area contributed by atoms with E-state index in [-0.39, 0.29) is 5.91 Å². The Morgan fingerprint density at radius 2 is 1.87 bits per heavy atom. The van der Waals surface area contributed by atoms with Gasteiger partial charge in [-0.2, -0.15) is 0 Å². The number of nitrogens with one attached hydrogen (secondary N) is 2. The third-order valence-corrected chi connectivity index (χ3v) is 3.44. The molecule has 0 aliphatic carbocycles. The van der Waals surface area contributed by atoms with E-state index in [1.54, 1.807) is 12.3 Å². The number of benzene rings is 1. The molecule has 0 saturated carbocycles. The molecule has 2 heterocycles. The first-order chi connectivity index (χ1) is 11.2. The summed E-state index contributed by atoms with van der Waals surface area (Å²) in [6.45, 7) is 2.47. The number of carbonyl (C=O) groups excluding carboxylic acids is 1. The minimum Gasteiger partial charge on any atom is -0.370 e. The van der Waals surface area contributed by atoms with Gasteiger partial charge in [0.2, 0.25) is 5.91 Å². The summed E-state index contributed by atoms with van der Waals surface area (Å²) in [6, 6.07) is 15.6. The SMILES string of the molecule is Cc1ccc(NC(=O)CCNc2ccc3ccccc3n2)nc1. The molecule has 0 bridgehead atoms. The molecule has 1 aromatic carbocycles. The van der Waals surface area contributed by atoms with Crippen molar-refractivity contribution in [3.05, 3.63) is 60.3 Å². The number of fused-ring (bicyclic) bond motifs is 1. The summed E-state index contributed by atoms with van der Waals surface area (Å²) in [4.78, 5) is 20.6. The van der Waals surface area contributed by atoms with Gasteiger partial charge in [0.25, 0.3) is 0 Å². The predicted molar refractivity (Wildman–Crippen MR) is 92.5 cm³/mol. The minimum atomic E-state index is -0.0744. The van der Waals surface area contributed by atoms with Crippen molar-refractivity contribution in [2.45, 2.75) is 13.3 Å². The zero-order chi connectivity index (χ0) is 16.1. The minimum absolute atomic E-state index is 0.0744. The Labute approximate surface area is 134 Å². The van der Waals surface area contributed by atoms with Gasteiger partial charge in [0.15, 0.2) is 0 Å². The van der Waals surface area contributed by atoms with Crippen molar-refractivity contribution in [1.29, 1.82) is 0 Å². The van der Waals surface area contributed by atoms with Crippen LogP contribution in [0.5, 0.6) is 0 Å². The molecule has 0 atom stereocenters. The Morgan fingerprint density at radius 1 is 1.04 bits per heavy atom. The monoisotopic (exact) mass is 306 g/mol. The van der Waals surface area contributed by atoms with Gasteiger partial charge in [-0.1, -0.05) is 24.3 Å². The summed E-state index contributed by atoms with van der Waals surface area (Å²) in [5.41, 5.74) is 2.00. The van der Waals surface area contributed by atoms with Crippen LogP contribution < -0.4 is 10.6 Å². The van der Waals surface area contributed by atoms with E-state index < -0.39 is 0 Å². The fourth-order valence-corrected chi connectivity index (χ4v) is 2.22. The van der Waals surface area contributed by atoms with Gasteiger partial charge in [-0.15, -0.1) is 0 Å². The molecule has 0 unspecified atom stereocenters. The molecule has 2 aromatic heterocycles. The van der Waals surface area contributed by atoms with Crippen molar-refractivity contribution in [1.82, 2.24) is 9.97 Å². The van der Waals surface area contributed by atoms with E-state index in [0.29, 0.717) is 18.8 Å². The van der Waals surface area contributed by atoms with Gasteiger partial charge in [-0.05, 0) is 36.8 Å². The predicted octanol–water partition coefficient (Wildman–Crippen LogP) is 3.38. The molecular formula is C18H18N4O. The molecule has 3 rings (SSSR count). The zero-order valence-electron chi connectivity index (χ0n) is 12.9. The normalized spacial score (nSPS) is 10.5. The Hall–Kier alpha value is -2.95. The maximum atomic E-state index is 11.9. The fourth-order valence-electron chi connectivity index (χ4n) is 2.22. The number of aromatic nitrogens is 2. The van der Waals surface area contributed by atoms with E-state index in [9.17, 15) is 4.79 Å². The Balaban J connectivity index is 1.51. The smallest absolute Gasteiger partial charge is 0.227 e. The highest BCUT2D eigenvalue weighted by Crippen LogP contribution is 2.14. The molecule has 116 valence electrons. The summed E-state index contributed by atoms with van der Waals surface area (Å²) >= 11 is 0. The van der Waals surface area contributed by atoms with Crippen molar-refractivity contribution in [3.63, 3.8) is 0 Å². The number of nitrogens with zero attached hydrogens (tertiary/aromatic N) is 2. The second-order valence-electron chi connectivity index (χ2n) is 5.33. The molecule has 5 heteroatoms. The van der Waals surface area contributed by atoms with Crippen LogP contribution in [-0.2, 0) is 4.79 Å². The summed E-state index contributed by atoms with van der Waals surface area (Å²) in [6.07, 6.45) is 2.08. The van der Waals surface area contributed by atoms with Gasteiger partial charge < -0.3 is 10.6 Å². The van der Waals surface area contributed by atoms with Gasteiger partial charge >= 0.3 is 0 Å². The van der Waals surface area contributed by atoms with Crippen molar-refractivity contribution < 1.29 is 4.79 Å². The van der Waals surface area contributed by atoms with Crippen LogP contribution in [0.2, 0.25) is 0 Å². The van der Waals surface area contributed by atoms with Crippen molar-refractivity contribution in [2.24, 2.45) is 0 Å². The third-order valence-electron chi connectivity index (χ3n) is 3.44. The number of rotatable bonds is 5. The van der Waals surface area contributed by atoms with Crippen LogP contribution in [0.15, 0.2) is 54.7 Å². The summed E-state index contributed by atoms with van der Waals surface area (Å²) in [7, 11) is 0. The van der Waals surface area contributed by atoms with Crippen molar-refractivity contribution in [3.8, 4) is 0 Å². The van der Waals surface area contributed by atoms with Gasteiger partial charge in [0.1, 0.15) is 11.6 Å². The number of hydrogen-bond acceptors (Lipinski definition) is 4. The van der Waals surface area contributed by atoms with Crippen molar-refractivity contribution >= 4 is 28.4 Å².